The van der Waals surface area contributed by atoms with Crippen LogP contribution in [0.25, 0.3) is 0 Å². The van der Waals surface area contributed by atoms with Crippen molar-refractivity contribution in [2.24, 2.45) is 7.05 Å². The van der Waals surface area contributed by atoms with Crippen LogP contribution in [0.1, 0.15) is 24.1 Å². The van der Waals surface area contributed by atoms with Crippen molar-refractivity contribution in [2.75, 3.05) is 0 Å². The Labute approximate surface area is 66.0 Å². The van der Waals surface area contributed by atoms with Crippen molar-refractivity contribution in [1.82, 2.24) is 9.78 Å². The number of hydrogen-bond donors (Lipinski definition) is 0. The lowest BCUT2D eigenvalue weighted by atomic mass is 10.0. The predicted molar refractivity (Wildman–Crippen MR) is 42.4 cm³/mol. The van der Waals surface area contributed by atoms with Crippen LogP contribution in [0.2, 0.25) is 0 Å². The summed E-state index contributed by atoms with van der Waals surface area (Å²) in [6.07, 6.45) is 2.82. The number of aromatic nitrogens is 2. The van der Waals surface area contributed by atoms with Gasteiger partial charge in [0.25, 0.3) is 0 Å². The Morgan fingerprint density at radius 1 is 1.73 bits per heavy atom. The summed E-state index contributed by atoms with van der Waals surface area (Å²) in [7, 11) is 1.86. The van der Waals surface area contributed by atoms with E-state index in [4.69, 9.17) is 0 Å². The van der Waals surface area contributed by atoms with E-state index in [1.807, 2.05) is 27.1 Å². The molecule has 0 saturated heterocycles. The van der Waals surface area contributed by atoms with E-state index in [1.165, 1.54) is 0 Å². The van der Waals surface area contributed by atoms with E-state index in [9.17, 15) is 4.79 Å². The van der Waals surface area contributed by atoms with Crippen LogP contribution in [-0.2, 0) is 11.8 Å². The van der Waals surface area contributed by atoms with Crippen molar-refractivity contribution >= 4 is 6.29 Å². The van der Waals surface area contributed by atoms with Gasteiger partial charge in [-0.25, -0.2) is 0 Å². The molecule has 0 aliphatic rings. The smallest absolute Gasteiger partial charge is 0.127 e. The van der Waals surface area contributed by atoms with Gasteiger partial charge in [0.15, 0.2) is 0 Å². The van der Waals surface area contributed by atoms with Crippen molar-refractivity contribution in [3.05, 3.63) is 17.5 Å². The van der Waals surface area contributed by atoms with E-state index in [0.29, 0.717) is 0 Å². The first-order valence-electron chi connectivity index (χ1n) is 3.60. The molecule has 0 aliphatic heterocycles. The second-order valence-electron chi connectivity index (χ2n) is 2.77. The van der Waals surface area contributed by atoms with Gasteiger partial charge in [0.05, 0.1) is 5.69 Å². The van der Waals surface area contributed by atoms with E-state index in [1.54, 1.807) is 4.68 Å². The molecule has 1 unspecified atom stereocenters. The Morgan fingerprint density at radius 2 is 2.36 bits per heavy atom. The van der Waals surface area contributed by atoms with E-state index in [-0.39, 0.29) is 5.92 Å². The number of rotatable bonds is 2. The Kier molecular flexibility index (Phi) is 2.08. The standard InChI is InChI=1S/C8H12N2O/c1-6(5-11)8-4-10(3)9-7(8)2/h4-6H,1-3H3. The predicted octanol–water partition coefficient (Wildman–Crippen LogP) is 1.03. The molecular weight excluding hydrogens is 140 g/mol. The Morgan fingerprint density at radius 3 is 2.73 bits per heavy atom. The molecule has 0 radical (unpaired) electrons. The van der Waals surface area contributed by atoms with Gasteiger partial charge in [0.2, 0.25) is 0 Å². The minimum Gasteiger partial charge on any atom is -0.303 e. The third-order valence-corrected chi connectivity index (χ3v) is 1.75. The van der Waals surface area contributed by atoms with Gasteiger partial charge in [-0.3, -0.25) is 4.68 Å². The van der Waals surface area contributed by atoms with Crippen LogP contribution < -0.4 is 0 Å². The van der Waals surface area contributed by atoms with Gasteiger partial charge in [-0.05, 0) is 6.92 Å². The monoisotopic (exact) mass is 152 g/mol. The molecule has 1 aromatic rings. The summed E-state index contributed by atoms with van der Waals surface area (Å²) in [5.74, 6) is -0.0382. The van der Waals surface area contributed by atoms with Gasteiger partial charge in [-0.2, -0.15) is 5.10 Å². The fourth-order valence-corrected chi connectivity index (χ4v) is 1.14. The summed E-state index contributed by atoms with van der Waals surface area (Å²) < 4.78 is 1.73. The van der Waals surface area contributed by atoms with Crippen LogP contribution in [0.5, 0.6) is 0 Å². The molecule has 0 spiro atoms. The molecule has 3 heteroatoms. The lowest BCUT2D eigenvalue weighted by molar-refractivity contribution is -0.108. The highest BCUT2D eigenvalue weighted by Gasteiger charge is 2.09. The zero-order valence-corrected chi connectivity index (χ0v) is 7.03. The van der Waals surface area contributed by atoms with Crippen LogP contribution in [0.15, 0.2) is 6.20 Å². The van der Waals surface area contributed by atoms with Gasteiger partial charge >= 0.3 is 0 Å². The number of carbonyl (C=O) groups is 1. The second kappa shape index (κ2) is 2.86. The minimum atomic E-state index is -0.0382. The number of aryl methyl sites for hydroxylation is 2. The molecule has 0 aliphatic carbocycles. The van der Waals surface area contributed by atoms with Crippen molar-refractivity contribution in [2.45, 2.75) is 19.8 Å². The van der Waals surface area contributed by atoms with Crippen LogP contribution in [-0.4, -0.2) is 16.1 Å². The van der Waals surface area contributed by atoms with E-state index < -0.39 is 0 Å². The topological polar surface area (TPSA) is 34.9 Å². The van der Waals surface area contributed by atoms with Crippen LogP contribution >= 0.6 is 0 Å². The first-order chi connectivity index (χ1) is 5.15. The summed E-state index contributed by atoms with van der Waals surface area (Å²) in [5.41, 5.74) is 1.95. The van der Waals surface area contributed by atoms with Gasteiger partial charge in [-0.15, -0.1) is 0 Å². The maximum Gasteiger partial charge on any atom is 0.127 e. The number of hydrogen-bond acceptors (Lipinski definition) is 2. The molecule has 3 nitrogen and oxygen atoms in total. The first kappa shape index (κ1) is 7.98. The molecule has 11 heavy (non-hydrogen) atoms. The summed E-state index contributed by atoms with van der Waals surface area (Å²) >= 11 is 0. The lowest BCUT2D eigenvalue weighted by Gasteiger charge is -1.98. The number of aldehydes is 1. The zero-order valence-electron chi connectivity index (χ0n) is 7.03. The molecule has 0 aromatic carbocycles. The van der Waals surface area contributed by atoms with E-state index in [2.05, 4.69) is 5.10 Å². The number of carbonyl (C=O) groups excluding carboxylic acids is 1. The van der Waals surface area contributed by atoms with E-state index >= 15 is 0 Å². The van der Waals surface area contributed by atoms with Crippen LogP contribution in [0, 0.1) is 6.92 Å². The Hall–Kier alpha value is -1.12. The van der Waals surface area contributed by atoms with Gasteiger partial charge in [0.1, 0.15) is 6.29 Å². The fraction of sp³-hybridized carbons (Fsp3) is 0.500. The average molecular weight is 152 g/mol. The normalized spacial score (nSPS) is 13.0. The first-order valence-corrected chi connectivity index (χ1v) is 3.60. The molecular formula is C8H12N2O. The van der Waals surface area contributed by atoms with Gasteiger partial charge in [0, 0.05) is 24.7 Å². The largest absolute Gasteiger partial charge is 0.303 e. The molecule has 60 valence electrons. The molecule has 0 saturated carbocycles. The van der Waals surface area contributed by atoms with Crippen molar-refractivity contribution < 1.29 is 4.79 Å². The Bertz CT molecular complexity index is 265. The summed E-state index contributed by atoms with van der Waals surface area (Å²) in [4.78, 5) is 10.4. The third-order valence-electron chi connectivity index (χ3n) is 1.75. The molecule has 0 N–H and O–H groups in total. The summed E-state index contributed by atoms with van der Waals surface area (Å²) in [5, 5.41) is 4.14. The van der Waals surface area contributed by atoms with E-state index in [0.717, 1.165) is 17.5 Å². The van der Waals surface area contributed by atoms with Crippen molar-refractivity contribution in [3.63, 3.8) is 0 Å². The zero-order chi connectivity index (χ0) is 8.43. The maximum atomic E-state index is 10.4. The highest BCUT2D eigenvalue weighted by molar-refractivity contribution is 5.61. The maximum absolute atomic E-state index is 10.4. The molecule has 0 fully saturated rings. The molecule has 0 bridgehead atoms. The SMILES string of the molecule is Cc1nn(C)cc1C(C)C=O. The molecule has 1 aromatic heterocycles. The molecule has 0 amide bonds. The van der Waals surface area contributed by atoms with Crippen molar-refractivity contribution in [3.8, 4) is 0 Å². The van der Waals surface area contributed by atoms with Crippen LogP contribution in [0.4, 0.5) is 0 Å². The number of nitrogens with zero attached hydrogens (tertiary/aromatic N) is 2. The van der Waals surface area contributed by atoms with Crippen LogP contribution in [0.3, 0.4) is 0 Å². The quantitative estimate of drug-likeness (QED) is 0.593. The van der Waals surface area contributed by atoms with Gasteiger partial charge < -0.3 is 4.79 Å². The Balaban J connectivity index is 3.02. The molecule has 1 atom stereocenters. The summed E-state index contributed by atoms with van der Waals surface area (Å²) in [6, 6.07) is 0. The average Bonchev–Trinajstić information content (AvgIpc) is 2.28. The van der Waals surface area contributed by atoms with Gasteiger partial charge in [-0.1, -0.05) is 6.92 Å². The fourth-order valence-electron chi connectivity index (χ4n) is 1.14. The minimum absolute atomic E-state index is 0.0382. The third kappa shape index (κ3) is 1.48. The highest BCUT2D eigenvalue weighted by atomic mass is 16.1. The highest BCUT2D eigenvalue weighted by Crippen LogP contribution is 2.15. The van der Waals surface area contributed by atoms with Crippen molar-refractivity contribution in [1.29, 1.82) is 0 Å². The molecule has 1 heterocycles. The lowest BCUT2D eigenvalue weighted by Crippen LogP contribution is -1.94. The second-order valence-corrected chi connectivity index (χ2v) is 2.77. The summed E-state index contributed by atoms with van der Waals surface area (Å²) in [6.45, 7) is 3.78. The molecule has 1 rings (SSSR count).